The second-order valence-electron chi connectivity index (χ2n) is 5.69. The van der Waals surface area contributed by atoms with Crippen molar-refractivity contribution >= 4 is 0 Å². The lowest BCUT2D eigenvalue weighted by molar-refractivity contribution is 0.158. The fraction of sp³-hybridized carbons (Fsp3) is 0.800. The van der Waals surface area contributed by atoms with E-state index in [1.807, 2.05) is 0 Å². The number of hydrogen-bond acceptors (Lipinski definition) is 1. The summed E-state index contributed by atoms with van der Waals surface area (Å²) in [5.41, 5.74) is 3.18. The number of allylic oxidation sites excluding steroid dienone is 1. The highest BCUT2D eigenvalue weighted by atomic mass is 16.3. The molecule has 0 saturated heterocycles. The molecule has 0 fully saturated rings. The molecule has 2 unspecified atom stereocenters. The minimum absolute atomic E-state index is 0.291. The van der Waals surface area contributed by atoms with E-state index in [9.17, 15) is 0 Å². The van der Waals surface area contributed by atoms with E-state index in [0.717, 1.165) is 12.8 Å². The first-order valence-electron chi connectivity index (χ1n) is 6.42. The average molecular weight is 224 g/mol. The van der Waals surface area contributed by atoms with E-state index in [0.29, 0.717) is 23.9 Å². The van der Waals surface area contributed by atoms with Crippen LogP contribution in [0.2, 0.25) is 0 Å². The topological polar surface area (TPSA) is 20.2 Å². The van der Waals surface area contributed by atoms with Crippen LogP contribution in [-0.2, 0) is 0 Å². The van der Waals surface area contributed by atoms with Crippen LogP contribution >= 0.6 is 0 Å². The van der Waals surface area contributed by atoms with Crippen LogP contribution in [0.15, 0.2) is 18.4 Å². The van der Waals surface area contributed by atoms with Gasteiger partial charge in [-0.15, -0.1) is 5.73 Å². The summed E-state index contributed by atoms with van der Waals surface area (Å²) >= 11 is 0. The maximum absolute atomic E-state index is 9.10. The molecular formula is C15H28O. The zero-order chi connectivity index (χ0) is 12.6. The van der Waals surface area contributed by atoms with Gasteiger partial charge >= 0.3 is 0 Å². The molecule has 94 valence electrons. The van der Waals surface area contributed by atoms with E-state index in [1.54, 1.807) is 0 Å². The lowest BCUT2D eigenvalue weighted by Crippen LogP contribution is -2.22. The first-order valence-corrected chi connectivity index (χ1v) is 6.42. The summed E-state index contributed by atoms with van der Waals surface area (Å²) in [5, 5.41) is 9.10. The fourth-order valence-electron chi connectivity index (χ4n) is 2.15. The van der Waals surface area contributed by atoms with Crippen molar-refractivity contribution in [1.29, 1.82) is 0 Å². The Kier molecular flexibility index (Phi) is 7.45. The van der Waals surface area contributed by atoms with Gasteiger partial charge in [-0.1, -0.05) is 34.3 Å². The van der Waals surface area contributed by atoms with Crippen molar-refractivity contribution in [2.75, 3.05) is 6.61 Å². The number of hydrogen-bond donors (Lipinski definition) is 1. The Bertz CT molecular complexity index is 218. The molecule has 0 amide bonds. The highest BCUT2D eigenvalue weighted by Gasteiger charge is 2.24. The first-order chi connectivity index (χ1) is 7.45. The van der Waals surface area contributed by atoms with Crippen LogP contribution in [0.5, 0.6) is 0 Å². The quantitative estimate of drug-likeness (QED) is 0.643. The Morgan fingerprint density at radius 3 is 2.25 bits per heavy atom. The molecule has 0 bridgehead atoms. The normalized spacial score (nSPS) is 15.3. The van der Waals surface area contributed by atoms with Gasteiger partial charge in [0, 0.05) is 6.61 Å². The van der Waals surface area contributed by atoms with Crippen LogP contribution in [0.25, 0.3) is 0 Å². The molecule has 0 aliphatic heterocycles. The second kappa shape index (κ2) is 7.70. The van der Waals surface area contributed by atoms with Crippen molar-refractivity contribution in [2.24, 2.45) is 17.3 Å². The van der Waals surface area contributed by atoms with Crippen molar-refractivity contribution in [3.63, 3.8) is 0 Å². The summed E-state index contributed by atoms with van der Waals surface area (Å²) in [5.74, 6) is 1.20. The highest BCUT2D eigenvalue weighted by molar-refractivity contribution is 4.85. The Morgan fingerprint density at radius 2 is 1.88 bits per heavy atom. The van der Waals surface area contributed by atoms with Crippen molar-refractivity contribution in [3.05, 3.63) is 18.4 Å². The molecule has 0 saturated carbocycles. The summed E-state index contributed by atoms with van der Waals surface area (Å²) in [4.78, 5) is 0. The monoisotopic (exact) mass is 224 g/mol. The molecule has 0 aromatic rings. The second-order valence-corrected chi connectivity index (χ2v) is 5.69. The maximum Gasteiger partial charge on any atom is 0.0433 e. The van der Waals surface area contributed by atoms with E-state index in [1.165, 1.54) is 12.8 Å². The molecule has 1 heteroatoms. The first kappa shape index (κ1) is 15.5. The molecule has 16 heavy (non-hydrogen) atoms. The summed E-state index contributed by atoms with van der Waals surface area (Å²) in [6.07, 6.45) is 6.51. The minimum atomic E-state index is 0.291. The predicted molar refractivity (Wildman–Crippen MR) is 71.4 cm³/mol. The third kappa shape index (κ3) is 6.15. The number of aliphatic hydroxyl groups is 1. The van der Waals surface area contributed by atoms with Crippen LogP contribution in [0.1, 0.15) is 53.4 Å². The summed E-state index contributed by atoms with van der Waals surface area (Å²) < 4.78 is 0. The molecule has 0 spiro atoms. The molecule has 1 nitrogen and oxygen atoms in total. The van der Waals surface area contributed by atoms with Gasteiger partial charge in [0.05, 0.1) is 0 Å². The third-order valence-corrected chi connectivity index (χ3v) is 3.47. The van der Waals surface area contributed by atoms with Gasteiger partial charge in [0.25, 0.3) is 0 Å². The van der Waals surface area contributed by atoms with Crippen LogP contribution in [0.3, 0.4) is 0 Å². The number of aliphatic hydroxyl groups excluding tert-OH is 1. The molecule has 0 rings (SSSR count). The van der Waals surface area contributed by atoms with Crippen LogP contribution in [-0.4, -0.2) is 11.7 Å². The molecule has 2 atom stereocenters. The number of rotatable bonds is 7. The SMILES string of the molecule is C=C=CC(CC)CCC(CCO)C(C)(C)C. The molecule has 1 N–H and O–H groups in total. The average Bonchev–Trinajstić information content (AvgIpc) is 2.20. The van der Waals surface area contributed by atoms with Gasteiger partial charge in [-0.2, -0.15) is 0 Å². The molecule has 0 aliphatic carbocycles. The van der Waals surface area contributed by atoms with E-state index >= 15 is 0 Å². The minimum Gasteiger partial charge on any atom is -0.396 e. The molecular weight excluding hydrogens is 196 g/mol. The van der Waals surface area contributed by atoms with Gasteiger partial charge in [0.2, 0.25) is 0 Å². The van der Waals surface area contributed by atoms with Crippen molar-refractivity contribution in [1.82, 2.24) is 0 Å². The van der Waals surface area contributed by atoms with Crippen LogP contribution in [0.4, 0.5) is 0 Å². The zero-order valence-electron chi connectivity index (χ0n) is 11.4. The molecule has 0 radical (unpaired) electrons. The summed E-state index contributed by atoms with van der Waals surface area (Å²) in [7, 11) is 0. The van der Waals surface area contributed by atoms with E-state index in [2.05, 4.69) is 46.1 Å². The van der Waals surface area contributed by atoms with Crippen molar-refractivity contribution in [2.45, 2.75) is 53.4 Å². The van der Waals surface area contributed by atoms with Crippen LogP contribution < -0.4 is 0 Å². The Balaban J connectivity index is 4.25. The third-order valence-electron chi connectivity index (χ3n) is 3.47. The van der Waals surface area contributed by atoms with Gasteiger partial charge in [-0.05, 0) is 49.0 Å². The van der Waals surface area contributed by atoms with Crippen LogP contribution in [0, 0.1) is 17.3 Å². The standard InChI is InChI=1S/C15H28O/c1-6-8-13(7-2)9-10-14(11-12-16)15(3,4)5/h8,13-14,16H,1,7,9-12H2,2-5H3. The Morgan fingerprint density at radius 1 is 1.25 bits per heavy atom. The highest BCUT2D eigenvalue weighted by Crippen LogP contribution is 2.33. The van der Waals surface area contributed by atoms with Gasteiger partial charge in [-0.25, -0.2) is 0 Å². The van der Waals surface area contributed by atoms with Crippen molar-refractivity contribution < 1.29 is 5.11 Å². The Labute approximate surface area is 101 Å². The molecule has 0 heterocycles. The lowest BCUT2D eigenvalue weighted by Gasteiger charge is -2.31. The van der Waals surface area contributed by atoms with E-state index in [-0.39, 0.29) is 0 Å². The lowest BCUT2D eigenvalue weighted by atomic mass is 9.75. The fourth-order valence-corrected chi connectivity index (χ4v) is 2.15. The zero-order valence-corrected chi connectivity index (χ0v) is 11.4. The summed E-state index contributed by atoms with van der Waals surface area (Å²) in [6, 6.07) is 0. The molecule has 0 aromatic carbocycles. The predicted octanol–water partition coefficient (Wildman–Crippen LogP) is 4.18. The van der Waals surface area contributed by atoms with Gasteiger partial charge in [0.1, 0.15) is 0 Å². The van der Waals surface area contributed by atoms with Gasteiger partial charge < -0.3 is 5.11 Å². The largest absolute Gasteiger partial charge is 0.396 e. The molecule has 0 aliphatic rings. The smallest absolute Gasteiger partial charge is 0.0433 e. The van der Waals surface area contributed by atoms with Crippen molar-refractivity contribution in [3.8, 4) is 0 Å². The molecule has 0 aromatic heterocycles. The Hall–Kier alpha value is -0.520. The van der Waals surface area contributed by atoms with E-state index in [4.69, 9.17) is 5.11 Å². The maximum atomic E-state index is 9.10. The van der Waals surface area contributed by atoms with Gasteiger partial charge in [-0.3, -0.25) is 0 Å². The van der Waals surface area contributed by atoms with Gasteiger partial charge in [0.15, 0.2) is 0 Å². The summed E-state index contributed by atoms with van der Waals surface area (Å²) in [6.45, 7) is 12.9. The van der Waals surface area contributed by atoms with E-state index < -0.39 is 0 Å².